The second-order valence-corrected chi connectivity index (χ2v) is 5.88. The molecular formula is C17H28N2O. The minimum atomic E-state index is 0.0978. The molecule has 1 atom stereocenters. The van der Waals surface area contributed by atoms with Gasteiger partial charge in [0, 0.05) is 13.0 Å². The van der Waals surface area contributed by atoms with Crippen molar-refractivity contribution in [1.82, 2.24) is 5.32 Å². The average Bonchev–Trinajstić information content (AvgIpc) is 2.44. The molecule has 1 aromatic rings. The minimum absolute atomic E-state index is 0.0978. The van der Waals surface area contributed by atoms with Crippen molar-refractivity contribution in [1.29, 1.82) is 0 Å². The Morgan fingerprint density at radius 3 is 2.30 bits per heavy atom. The highest BCUT2D eigenvalue weighted by atomic mass is 16.1. The number of nitrogens with one attached hydrogen (secondary N) is 1. The average molecular weight is 276 g/mol. The van der Waals surface area contributed by atoms with Crippen LogP contribution in [0.4, 0.5) is 0 Å². The molecule has 0 heterocycles. The molecule has 3 N–H and O–H groups in total. The number of benzene rings is 1. The quantitative estimate of drug-likeness (QED) is 0.767. The number of aryl methyl sites for hydroxylation is 1. The van der Waals surface area contributed by atoms with Crippen molar-refractivity contribution in [2.45, 2.75) is 46.6 Å². The van der Waals surface area contributed by atoms with Gasteiger partial charge in [-0.1, -0.05) is 45.0 Å². The molecule has 0 bridgehead atoms. The second-order valence-electron chi connectivity index (χ2n) is 5.88. The van der Waals surface area contributed by atoms with E-state index in [0.717, 1.165) is 18.4 Å². The lowest BCUT2D eigenvalue weighted by Gasteiger charge is -2.16. The van der Waals surface area contributed by atoms with Crippen LogP contribution in [0.25, 0.3) is 0 Å². The van der Waals surface area contributed by atoms with Crippen LogP contribution < -0.4 is 11.1 Å². The summed E-state index contributed by atoms with van der Waals surface area (Å²) < 4.78 is 0. The zero-order valence-corrected chi connectivity index (χ0v) is 13.0. The fourth-order valence-corrected chi connectivity index (χ4v) is 2.36. The third kappa shape index (κ3) is 6.20. The Bertz CT molecular complexity index is 398. The summed E-state index contributed by atoms with van der Waals surface area (Å²) in [6.07, 6.45) is 2.58. The van der Waals surface area contributed by atoms with Gasteiger partial charge < -0.3 is 11.1 Å². The Morgan fingerprint density at radius 1 is 1.20 bits per heavy atom. The predicted octanol–water partition coefficient (Wildman–Crippen LogP) is 2.88. The van der Waals surface area contributed by atoms with Gasteiger partial charge in [0.05, 0.1) is 0 Å². The number of amides is 1. The third-order valence-electron chi connectivity index (χ3n) is 3.53. The topological polar surface area (TPSA) is 55.1 Å². The highest BCUT2D eigenvalue weighted by Crippen LogP contribution is 2.14. The monoisotopic (exact) mass is 276 g/mol. The van der Waals surface area contributed by atoms with Crippen molar-refractivity contribution in [3.8, 4) is 0 Å². The van der Waals surface area contributed by atoms with E-state index in [-0.39, 0.29) is 11.8 Å². The van der Waals surface area contributed by atoms with E-state index in [1.54, 1.807) is 0 Å². The number of carbonyl (C=O) groups is 1. The number of hydrogen-bond donors (Lipinski definition) is 2. The van der Waals surface area contributed by atoms with E-state index in [1.165, 1.54) is 5.56 Å². The molecular weight excluding hydrogens is 248 g/mol. The van der Waals surface area contributed by atoms with Gasteiger partial charge in [0.15, 0.2) is 0 Å². The zero-order valence-electron chi connectivity index (χ0n) is 13.0. The summed E-state index contributed by atoms with van der Waals surface area (Å²) in [5.74, 6) is 0.969. The summed E-state index contributed by atoms with van der Waals surface area (Å²) in [6.45, 7) is 7.64. The third-order valence-corrected chi connectivity index (χ3v) is 3.53. The van der Waals surface area contributed by atoms with Crippen LogP contribution in [0.1, 0.15) is 44.7 Å². The molecule has 0 spiro atoms. The molecule has 112 valence electrons. The Kier molecular flexibility index (Phi) is 7.31. The maximum atomic E-state index is 11.9. The van der Waals surface area contributed by atoms with Crippen LogP contribution in [0.5, 0.6) is 0 Å². The fraction of sp³-hybridized carbons (Fsp3) is 0.588. The van der Waals surface area contributed by atoms with E-state index in [4.69, 9.17) is 5.73 Å². The summed E-state index contributed by atoms with van der Waals surface area (Å²) >= 11 is 0. The highest BCUT2D eigenvalue weighted by Gasteiger charge is 2.13. The lowest BCUT2D eigenvalue weighted by molar-refractivity contribution is -0.122. The van der Waals surface area contributed by atoms with Crippen LogP contribution in [-0.2, 0) is 17.8 Å². The molecule has 0 aliphatic carbocycles. The van der Waals surface area contributed by atoms with Crippen LogP contribution in [0.2, 0.25) is 0 Å². The van der Waals surface area contributed by atoms with E-state index in [9.17, 15) is 4.79 Å². The van der Waals surface area contributed by atoms with E-state index < -0.39 is 0 Å². The Hall–Kier alpha value is -1.35. The first-order chi connectivity index (χ1) is 9.55. The van der Waals surface area contributed by atoms with E-state index in [2.05, 4.69) is 50.4 Å². The van der Waals surface area contributed by atoms with Gasteiger partial charge in [0.2, 0.25) is 5.91 Å². The standard InChI is InChI=1S/C17H28N2O/c1-4-14-5-7-15(8-6-14)12-19-17(20)10-16(11-18)9-13(2)3/h5-8,13,16H,4,9-12,18H2,1-3H3,(H,19,20)/t16-/m0/s1. The summed E-state index contributed by atoms with van der Waals surface area (Å²) in [6, 6.07) is 8.38. The van der Waals surface area contributed by atoms with Gasteiger partial charge in [-0.05, 0) is 42.3 Å². The molecule has 1 aromatic carbocycles. The summed E-state index contributed by atoms with van der Waals surface area (Å²) in [7, 11) is 0. The molecule has 0 saturated carbocycles. The van der Waals surface area contributed by atoms with Crippen LogP contribution in [0.3, 0.4) is 0 Å². The van der Waals surface area contributed by atoms with Crippen LogP contribution in [0.15, 0.2) is 24.3 Å². The molecule has 0 aliphatic heterocycles. The van der Waals surface area contributed by atoms with Gasteiger partial charge in [0.25, 0.3) is 0 Å². The van der Waals surface area contributed by atoms with Crippen molar-refractivity contribution in [2.24, 2.45) is 17.6 Å². The molecule has 0 aliphatic rings. The van der Waals surface area contributed by atoms with E-state index in [1.807, 2.05) is 0 Å². The van der Waals surface area contributed by atoms with Gasteiger partial charge in [-0.15, -0.1) is 0 Å². The molecule has 3 heteroatoms. The Labute approximate surface area is 122 Å². The van der Waals surface area contributed by atoms with Crippen molar-refractivity contribution < 1.29 is 4.79 Å². The first-order valence-corrected chi connectivity index (χ1v) is 7.59. The van der Waals surface area contributed by atoms with Gasteiger partial charge in [0.1, 0.15) is 0 Å². The Morgan fingerprint density at radius 2 is 1.80 bits per heavy atom. The molecule has 0 fully saturated rings. The first kappa shape index (κ1) is 16.7. The Balaban J connectivity index is 2.37. The summed E-state index contributed by atoms with van der Waals surface area (Å²) in [5.41, 5.74) is 8.19. The SMILES string of the molecule is CCc1ccc(CNC(=O)C[C@@H](CN)CC(C)C)cc1. The predicted molar refractivity (Wildman–Crippen MR) is 84.3 cm³/mol. The maximum Gasteiger partial charge on any atom is 0.220 e. The van der Waals surface area contributed by atoms with Crippen LogP contribution >= 0.6 is 0 Å². The van der Waals surface area contributed by atoms with E-state index in [0.29, 0.717) is 25.4 Å². The van der Waals surface area contributed by atoms with Gasteiger partial charge in [-0.3, -0.25) is 4.79 Å². The number of nitrogens with two attached hydrogens (primary N) is 1. The number of rotatable bonds is 8. The lowest BCUT2D eigenvalue weighted by atomic mass is 9.94. The fourth-order valence-electron chi connectivity index (χ4n) is 2.36. The van der Waals surface area contributed by atoms with Crippen molar-refractivity contribution in [2.75, 3.05) is 6.54 Å². The molecule has 0 aromatic heterocycles. The zero-order chi connectivity index (χ0) is 15.0. The number of carbonyl (C=O) groups excluding carboxylic acids is 1. The van der Waals surface area contributed by atoms with E-state index >= 15 is 0 Å². The molecule has 1 amide bonds. The molecule has 3 nitrogen and oxygen atoms in total. The molecule has 20 heavy (non-hydrogen) atoms. The number of hydrogen-bond acceptors (Lipinski definition) is 2. The highest BCUT2D eigenvalue weighted by molar-refractivity contribution is 5.76. The van der Waals surface area contributed by atoms with Crippen LogP contribution in [0, 0.1) is 11.8 Å². The van der Waals surface area contributed by atoms with Crippen molar-refractivity contribution >= 4 is 5.91 Å². The first-order valence-electron chi connectivity index (χ1n) is 7.59. The molecule has 0 radical (unpaired) electrons. The smallest absolute Gasteiger partial charge is 0.220 e. The van der Waals surface area contributed by atoms with Gasteiger partial charge in [-0.2, -0.15) is 0 Å². The largest absolute Gasteiger partial charge is 0.352 e. The lowest BCUT2D eigenvalue weighted by Crippen LogP contribution is -2.28. The summed E-state index contributed by atoms with van der Waals surface area (Å²) in [5, 5.41) is 2.98. The van der Waals surface area contributed by atoms with Gasteiger partial charge >= 0.3 is 0 Å². The maximum absolute atomic E-state index is 11.9. The second kappa shape index (κ2) is 8.75. The molecule has 0 saturated heterocycles. The van der Waals surface area contributed by atoms with Crippen LogP contribution in [-0.4, -0.2) is 12.5 Å². The van der Waals surface area contributed by atoms with Crippen molar-refractivity contribution in [3.05, 3.63) is 35.4 Å². The van der Waals surface area contributed by atoms with Crippen molar-refractivity contribution in [3.63, 3.8) is 0 Å². The van der Waals surface area contributed by atoms with Gasteiger partial charge in [-0.25, -0.2) is 0 Å². The molecule has 1 rings (SSSR count). The summed E-state index contributed by atoms with van der Waals surface area (Å²) in [4.78, 5) is 11.9. The minimum Gasteiger partial charge on any atom is -0.352 e. The molecule has 0 unspecified atom stereocenters. The normalized spacial score (nSPS) is 12.4.